The zero-order valence-corrected chi connectivity index (χ0v) is 9.04. The minimum Gasteiger partial charge on any atom is -0.334 e. The fourth-order valence-corrected chi connectivity index (χ4v) is 2.08. The fourth-order valence-electron chi connectivity index (χ4n) is 1.83. The van der Waals surface area contributed by atoms with Crippen molar-refractivity contribution in [3.05, 3.63) is 33.8 Å². The molecule has 0 aromatic heterocycles. The van der Waals surface area contributed by atoms with E-state index in [1.807, 2.05) is 6.07 Å². The minimum absolute atomic E-state index is 0.0131. The van der Waals surface area contributed by atoms with Gasteiger partial charge in [-0.05, 0) is 23.3 Å². The summed E-state index contributed by atoms with van der Waals surface area (Å²) in [6, 6.07) is 3.45. The number of aldehydes is 1. The molecule has 15 heavy (non-hydrogen) atoms. The Balaban J connectivity index is 2.45. The van der Waals surface area contributed by atoms with E-state index < -0.39 is 0 Å². The smallest absolute Gasteiger partial charge is 0.220 e. The predicted molar refractivity (Wildman–Crippen MR) is 56.8 cm³/mol. The summed E-state index contributed by atoms with van der Waals surface area (Å²) in [4.78, 5) is 23.7. The summed E-state index contributed by atoms with van der Waals surface area (Å²) in [6.45, 7) is 2.58. The third-order valence-electron chi connectivity index (χ3n) is 2.62. The Labute approximate surface area is 92.6 Å². The third kappa shape index (κ3) is 1.75. The van der Waals surface area contributed by atoms with E-state index in [-0.39, 0.29) is 5.91 Å². The van der Waals surface area contributed by atoms with E-state index in [1.165, 1.54) is 6.92 Å². The van der Waals surface area contributed by atoms with E-state index >= 15 is 0 Å². The molecule has 1 aromatic carbocycles. The molecule has 1 aliphatic heterocycles. The van der Waals surface area contributed by atoms with Crippen molar-refractivity contribution in [3.63, 3.8) is 0 Å². The van der Waals surface area contributed by atoms with Gasteiger partial charge in [0.15, 0.2) is 0 Å². The Morgan fingerprint density at radius 2 is 2.20 bits per heavy atom. The van der Waals surface area contributed by atoms with Crippen LogP contribution in [0.1, 0.15) is 28.4 Å². The van der Waals surface area contributed by atoms with E-state index in [1.54, 1.807) is 11.0 Å². The van der Waals surface area contributed by atoms with Crippen LogP contribution in [-0.4, -0.2) is 17.1 Å². The van der Waals surface area contributed by atoms with Gasteiger partial charge in [0.1, 0.15) is 6.29 Å². The highest BCUT2D eigenvalue weighted by Crippen LogP contribution is 2.28. The molecule has 0 saturated heterocycles. The maximum absolute atomic E-state index is 11.2. The first-order chi connectivity index (χ1) is 7.11. The molecule has 0 bridgehead atoms. The number of halogens is 1. The molecule has 3 nitrogen and oxygen atoms in total. The maximum Gasteiger partial charge on any atom is 0.220 e. The van der Waals surface area contributed by atoms with Crippen LogP contribution in [0.4, 0.5) is 0 Å². The van der Waals surface area contributed by atoms with Crippen molar-refractivity contribution in [3.8, 4) is 0 Å². The van der Waals surface area contributed by atoms with Crippen LogP contribution in [0.3, 0.4) is 0 Å². The van der Waals surface area contributed by atoms with Gasteiger partial charge >= 0.3 is 0 Å². The van der Waals surface area contributed by atoms with Crippen molar-refractivity contribution < 1.29 is 9.59 Å². The number of amides is 1. The van der Waals surface area contributed by atoms with Crippen LogP contribution < -0.4 is 0 Å². The number of carbonyl (C=O) groups excluding carboxylic acids is 2. The van der Waals surface area contributed by atoms with Crippen LogP contribution in [0, 0.1) is 0 Å². The Morgan fingerprint density at radius 3 is 2.80 bits per heavy atom. The minimum atomic E-state index is 0.0131. The van der Waals surface area contributed by atoms with E-state index in [0.29, 0.717) is 23.7 Å². The van der Waals surface area contributed by atoms with Gasteiger partial charge in [0, 0.05) is 30.6 Å². The number of hydrogen-bond acceptors (Lipinski definition) is 2. The lowest BCUT2D eigenvalue weighted by Crippen LogP contribution is -2.21. The molecule has 0 saturated carbocycles. The number of nitrogens with zero attached hydrogens (tertiary/aromatic N) is 1. The summed E-state index contributed by atoms with van der Waals surface area (Å²) in [6.07, 6.45) is 0.786. The number of rotatable bonds is 1. The highest BCUT2D eigenvalue weighted by atomic mass is 35.5. The second-order valence-corrected chi connectivity index (χ2v) is 4.06. The molecule has 1 aromatic rings. The van der Waals surface area contributed by atoms with Gasteiger partial charge in [-0.25, -0.2) is 0 Å². The van der Waals surface area contributed by atoms with E-state index in [4.69, 9.17) is 11.6 Å². The van der Waals surface area contributed by atoms with Gasteiger partial charge in [0.05, 0.1) is 0 Å². The lowest BCUT2D eigenvalue weighted by molar-refractivity contribution is -0.129. The zero-order chi connectivity index (χ0) is 11.0. The lowest BCUT2D eigenvalue weighted by Gasteiger charge is -2.11. The quantitative estimate of drug-likeness (QED) is 0.683. The predicted octanol–water partition coefficient (Wildman–Crippen LogP) is 2.01. The monoisotopic (exact) mass is 223 g/mol. The van der Waals surface area contributed by atoms with Crippen LogP contribution in [-0.2, 0) is 17.9 Å². The van der Waals surface area contributed by atoms with Crippen LogP contribution in [0.2, 0.25) is 5.02 Å². The van der Waals surface area contributed by atoms with Crippen molar-refractivity contribution in [1.82, 2.24) is 4.90 Å². The molecule has 0 aliphatic carbocycles. The molecule has 0 N–H and O–H groups in total. The fraction of sp³-hybridized carbons (Fsp3) is 0.273. The molecule has 0 spiro atoms. The van der Waals surface area contributed by atoms with Crippen LogP contribution in [0.25, 0.3) is 0 Å². The molecule has 1 aliphatic rings. The molecule has 0 atom stereocenters. The first-order valence-electron chi connectivity index (χ1n) is 4.64. The first-order valence-corrected chi connectivity index (χ1v) is 5.01. The van der Waals surface area contributed by atoms with Gasteiger partial charge in [-0.3, -0.25) is 9.59 Å². The lowest BCUT2D eigenvalue weighted by atomic mass is 10.0. The van der Waals surface area contributed by atoms with Crippen molar-refractivity contribution in [2.24, 2.45) is 0 Å². The normalized spacial score (nSPS) is 13.9. The second kappa shape index (κ2) is 3.66. The van der Waals surface area contributed by atoms with Crippen molar-refractivity contribution >= 4 is 23.8 Å². The average Bonchev–Trinajstić information content (AvgIpc) is 2.59. The molecule has 1 heterocycles. The first kappa shape index (κ1) is 10.2. The highest BCUT2D eigenvalue weighted by molar-refractivity contribution is 6.31. The molecule has 2 rings (SSSR count). The topological polar surface area (TPSA) is 37.4 Å². The number of carbonyl (C=O) groups is 2. The highest BCUT2D eigenvalue weighted by Gasteiger charge is 2.23. The molecular formula is C11H10ClNO2. The average molecular weight is 224 g/mol. The number of benzene rings is 1. The van der Waals surface area contributed by atoms with Crippen LogP contribution >= 0.6 is 11.6 Å². The Morgan fingerprint density at radius 1 is 1.47 bits per heavy atom. The largest absolute Gasteiger partial charge is 0.334 e. The molecule has 4 heteroatoms. The third-order valence-corrected chi connectivity index (χ3v) is 2.84. The Hall–Kier alpha value is -1.35. The van der Waals surface area contributed by atoms with Gasteiger partial charge in [-0.15, -0.1) is 0 Å². The molecule has 78 valence electrons. The number of hydrogen-bond donors (Lipinski definition) is 0. The summed E-state index contributed by atoms with van der Waals surface area (Å²) in [5.41, 5.74) is 2.48. The van der Waals surface area contributed by atoms with Crippen molar-refractivity contribution in [2.75, 3.05) is 0 Å². The van der Waals surface area contributed by atoms with Gasteiger partial charge in [0.2, 0.25) is 5.91 Å². The van der Waals surface area contributed by atoms with Crippen LogP contribution in [0.5, 0.6) is 0 Å². The summed E-state index contributed by atoms with van der Waals surface area (Å²) < 4.78 is 0. The maximum atomic E-state index is 11.2. The van der Waals surface area contributed by atoms with Gasteiger partial charge in [-0.2, -0.15) is 0 Å². The summed E-state index contributed by atoms with van der Waals surface area (Å²) in [7, 11) is 0. The Bertz CT molecular complexity index is 442. The zero-order valence-electron chi connectivity index (χ0n) is 8.29. The summed E-state index contributed by atoms with van der Waals surface area (Å²) in [5.74, 6) is 0.0131. The second-order valence-electron chi connectivity index (χ2n) is 3.63. The van der Waals surface area contributed by atoms with Gasteiger partial charge in [0.25, 0.3) is 0 Å². The SMILES string of the molecule is CC(=O)N1Cc2cc(Cl)cc(C=O)c2C1. The van der Waals surface area contributed by atoms with E-state index in [9.17, 15) is 9.59 Å². The Kier molecular flexibility index (Phi) is 2.49. The summed E-state index contributed by atoms with van der Waals surface area (Å²) in [5, 5.41) is 0.543. The van der Waals surface area contributed by atoms with Gasteiger partial charge in [-0.1, -0.05) is 11.6 Å². The molecule has 0 fully saturated rings. The van der Waals surface area contributed by atoms with Crippen molar-refractivity contribution in [1.29, 1.82) is 0 Å². The summed E-state index contributed by atoms with van der Waals surface area (Å²) >= 11 is 5.87. The van der Waals surface area contributed by atoms with Crippen LogP contribution in [0.15, 0.2) is 12.1 Å². The van der Waals surface area contributed by atoms with Gasteiger partial charge < -0.3 is 4.90 Å². The molecule has 1 amide bonds. The molecule has 0 unspecified atom stereocenters. The number of fused-ring (bicyclic) bond motifs is 1. The van der Waals surface area contributed by atoms with E-state index in [0.717, 1.165) is 17.4 Å². The standard InChI is InChI=1S/C11H10ClNO2/c1-7(15)13-4-8-2-10(12)3-9(6-14)11(8)5-13/h2-3,6H,4-5H2,1H3. The van der Waals surface area contributed by atoms with Crippen molar-refractivity contribution in [2.45, 2.75) is 20.0 Å². The van der Waals surface area contributed by atoms with E-state index in [2.05, 4.69) is 0 Å². The molecule has 0 radical (unpaired) electrons. The molecular weight excluding hydrogens is 214 g/mol.